The van der Waals surface area contributed by atoms with E-state index in [0.717, 1.165) is 40.3 Å². The molecule has 0 fully saturated rings. The van der Waals surface area contributed by atoms with Gasteiger partial charge in [0.15, 0.2) is 0 Å². The first-order valence-electron chi connectivity index (χ1n) is 9.72. The number of rotatable bonds is 7. The number of carbonyl (C=O) groups is 2. The highest BCUT2D eigenvalue weighted by Gasteiger charge is 2.19. The number of aryl methyl sites for hydroxylation is 3. The molecular weight excluding hydrogens is 352 g/mol. The lowest BCUT2D eigenvalue weighted by Gasteiger charge is -2.18. The van der Waals surface area contributed by atoms with Crippen LogP contribution in [0.1, 0.15) is 41.9 Å². The highest BCUT2D eigenvalue weighted by molar-refractivity contribution is 5.95. The van der Waals surface area contributed by atoms with Crippen molar-refractivity contribution in [3.8, 4) is 0 Å². The van der Waals surface area contributed by atoms with Gasteiger partial charge in [0.2, 0.25) is 11.8 Å². The monoisotopic (exact) mass is 384 g/mol. The normalized spacial score (nSPS) is 11.0. The topological polar surface area (TPSA) is 67.2 Å². The molecule has 6 nitrogen and oxygen atoms in total. The van der Waals surface area contributed by atoms with Crippen LogP contribution in [0.15, 0.2) is 18.2 Å². The van der Waals surface area contributed by atoms with Gasteiger partial charge in [-0.05, 0) is 50.8 Å². The molecule has 1 heterocycles. The number of aromatic nitrogens is 2. The zero-order chi connectivity index (χ0) is 21.0. The molecule has 28 heavy (non-hydrogen) atoms. The highest BCUT2D eigenvalue weighted by atomic mass is 16.2. The molecule has 1 aromatic carbocycles. The van der Waals surface area contributed by atoms with E-state index in [-0.39, 0.29) is 24.8 Å². The fraction of sp³-hybridized carbons (Fsp3) is 0.500. The third kappa shape index (κ3) is 5.44. The predicted molar refractivity (Wildman–Crippen MR) is 112 cm³/mol. The number of hydrogen-bond acceptors (Lipinski definition) is 3. The van der Waals surface area contributed by atoms with E-state index in [1.165, 1.54) is 4.90 Å². The molecule has 0 aliphatic heterocycles. The highest BCUT2D eigenvalue weighted by Crippen LogP contribution is 2.17. The maximum Gasteiger partial charge on any atom is 0.243 e. The molecule has 2 rings (SSSR count). The maximum absolute atomic E-state index is 12.7. The van der Waals surface area contributed by atoms with E-state index in [9.17, 15) is 9.59 Å². The Balaban J connectivity index is 2.00. The molecule has 2 aromatic rings. The molecule has 2 amide bonds. The molecule has 0 radical (unpaired) electrons. The SMILES string of the molecule is Cc1ccc(C)c(NC(=O)CN(C)C(=O)Cc2c(C)nn(CC(C)C)c2C)c1. The van der Waals surface area contributed by atoms with Crippen LogP contribution in [0.5, 0.6) is 0 Å². The second kappa shape index (κ2) is 9.04. The first kappa shape index (κ1) is 21.7. The van der Waals surface area contributed by atoms with Gasteiger partial charge in [0, 0.05) is 30.5 Å². The number of likely N-dealkylation sites (N-methyl/N-ethyl adjacent to an activating group) is 1. The molecule has 6 heteroatoms. The average molecular weight is 385 g/mol. The zero-order valence-corrected chi connectivity index (χ0v) is 18.1. The van der Waals surface area contributed by atoms with Crippen molar-refractivity contribution in [3.05, 3.63) is 46.3 Å². The number of anilines is 1. The summed E-state index contributed by atoms with van der Waals surface area (Å²) in [5.41, 5.74) is 5.71. The maximum atomic E-state index is 12.7. The van der Waals surface area contributed by atoms with Gasteiger partial charge in [0.25, 0.3) is 0 Å². The molecule has 0 aliphatic carbocycles. The van der Waals surface area contributed by atoms with Gasteiger partial charge in [-0.1, -0.05) is 26.0 Å². The molecule has 1 aromatic heterocycles. The summed E-state index contributed by atoms with van der Waals surface area (Å²) >= 11 is 0. The van der Waals surface area contributed by atoms with Crippen molar-refractivity contribution < 1.29 is 9.59 Å². The second-order valence-corrected chi connectivity index (χ2v) is 8.02. The van der Waals surface area contributed by atoms with E-state index < -0.39 is 0 Å². The van der Waals surface area contributed by atoms with Crippen LogP contribution in [-0.2, 0) is 22.6 Å². The van der Waals surface area contributed by atoms with Gasteiger partial charge in [-0.15, -0.1) is 0 Å². The minimum Gasteiger partial charge on any atom is -0.336 e. The van der Waals surface area contributed by atoms with Gasteiger partial charge >= 0.3 is 0 Å². The summed E-state index contributed by atoms with van der Waals surface area (Å²) in [4.78, 5) is 26.5. The lowest BCUT2D eigenvalue weighted by molar-refractivity contribution is -0.132. The summed E-state index contributed by atoms with van der Waals surface area (Å²) in [6.07, 6.45) is 0.253. The summed E-state index contributed by atoms with van der Waals surface area (Å²) in [5, 5.41) is 7.46. The van der Waals surface area contributed by atoms with Gasteiger partial charge in [-0.3, -0.25) is 14.3 Å². The van der Waals surface area contributed by atoms with Crippen LogP contribution < -0.4 is 5.32 Å². The summed E-state index contributed by atoms with van der Waals surface area (Å²) in [6.45, 7) is 13.0. The number of hydrogen-bond donors (Lipinski definition) is 1. The largest absolute Gasteiger partial charge is 0.336 e. The van der Waals surface area contributed by atoms with Gasteiger partial charge in [-0.25, -0.2) is 0 Å². The van der Waals surface area contributed by atoms with E-state index in [1.807, 2.05) is 50.6 Å². The van der Waals surface area contributed by atoms with Crippen molar-refractivity contribution in [2.45, 2.75) is 54.5 Å². The Morgan fingerprint density at radius 3 is 2.50 bits per heavy atom. The summed E-state index contributed by atoms with van der Waals surface area (Å²) in [7, 11) is 1.66. The molecule has 0 saturated heterocycles. The van der Waals surface area contributed by atoms with Crippen molar-refractivity contribution in [3.63, 3.8) is 0 Å². The van der Waals surface area contributed by atoms with Crippen molar-refractivity contribution in [1.29, 1.82) is 0 Å². The summed E-state index contributed by atoms with van der Waals surface area (Å²) in [6, 6.07) is 5.91. The van der Waals surface area contributed by atoms with Crippen molar-refractivity contribution in [2.24, 2.45) is 5.92 Å². The quantitative estimate of drug-likeness (QED) is 0.795. The number of nitrogens with zero attached hydrogens (tertiary/aromatic N) is 3. The molecule has 0 spiro atoms. The molecule has 0 bridgehead atoms. The Labute approximate surface area is 167 Å². The van der Waals surface area contributed by atoms with E-state index in [2.05, 4.69) is 24.3 Å². The molecule has 152 valence electrons. The minimum absolute atomic E-state index is 0.0183. The first-order chi connectivity index (χ1) is 13.1. The Morgan fingerprint density at radius 2 is 1.86 bits per heavy atom. The van der Waals surface area contributed by atoms with Gasteiger partial charge in [-0.2, -0.15) is 5.10 Å². The van der Waals surface area contributed by atoms with Crippen LogP contribution >= 0.6 is 0 Å². The van der Waals surface area contributed by atoms with E-state index in [1.54, 1.807) is 7.05 Å². The molecule has 0 unspecified atom stereocenters. The van der Waals surface area contributed by atoms with Crippen LogP contribution in [0, 0.1) is 33.6 Å². The Kier molecular flexibility index (Phi) is 7.00. The number of amides is 2. The number of benzene rings is 1. The standard InChI is InChI=1S/C22H32N4O2/c1-14(2)12-26-18(6)19(17(5)24-26)11-22(28)25(7)13-21(27)23-20-10-15(3)8-9-16(20)4/h8-10,14H,11-13H2,1-7H3,(H,23,27). The molecule has 0 atom stereocenters. The van der Waals surface area contributed by atoms with Crippen LogP contribution in [0.4, 0.5) is 5.69 Å². The molecule has 0 aliphatic rings. The van der Waals surface area contributed by atoms with Crippen molar-refractivity contribution >= 4 is 17.5 Å². The molecular formula is C22H32N4O2. The molecule has 0 saturated carbocycles. The predicted octanol–water partition coefficient (Wildman–Crippen LogP) is 3.41. The third-order valence-corrected chi connectivity index (χ3v) is 4.87. The van der Waals surface area contributed by atoms with E-state index in [4.69, 9.17) is 0 Å². The van der Waals surface area contributed by atoms with Crippen LogP contribution in [-0.4, -0.2) is 40.1 Å². The fourth-order valence-electron chi connectivity index (χ4n) is 3.16. The lowest BCUT2D eigenvalue weighted by atomic mass is 10.1. The smallest absolute Gasteiger partial charge is 0.243 e. The lowest BCUT2D eigenvalue weighted by Crippen LogP contribution is -2.36. The van der Waals surface area contributed by atoms with Crippen LogP contribution in [0.2, 0.25) is 0 Å². The summed E-state index contributed by atoms with van der Waals surface area (Å²) < 4.78 is 1.97. The third-order valence-electron chi connectivity index (χ3n) is 4.87. The Morgan fingerprint density at radius 1 is 1.18 bits per heavy atom. The molecule has 1 N–H and O–H groups in total. The van der Waals surface area contributed by atoms with E-state index >= 15 is 0 Å². The van der Waals surface area contributed by atoms with Crippen molar-refractivity contribution in [2.75, 3.05) is 18.9 Å². The number of nitrogens with one attached hydrogen (secondary N) is 1. The number of carbonyl (C=O) groups excluding carboxylic acids is 2. The van der Waals surface area contributed by atoms with Gasteiger partial charge < -0.3 is 10.2 Å². The minimum atomic E-state index is -0.200. The van der Waals surface area contributed by atoms with Crippen LogP contribution in [0.3, 0.4) is 0 Å². The zero-order valence-electron chi connectivity index (χ0n) is 18.1. The van der Waals surface area contributed by atoms with E-state index in [0.29, 0.717) is 5.92 Å². The fourth-order valence-corrected chi connectivity index (χ4v) is 3.16. The Bertz CT molecular complexity index is 868. The van der Waals surface area contributed by atoms with Gasteiger partial charge in [0.05, 0.1) is 18.7 Å². The first-order valence-corrected chi connectivity index (χ1v) is 9.72. The summed E-state index contributed by atoms with van der Waals surface area (Å²) in [5.74, 6) is 0.193. The Hall–Kier alpha value is -2.63. The van der Waals surface area contributed by atoms with Crippen molar-refractivity contribution in [1.82, 2.24) is 14.7 Å². The van der Waals surface area contributed by atoms with Crippen LogP contribution in [0.25, 0.3) is 0 Å². The average Bonchev–Trinajstić information content (AvgIpc) is 2.84. The van der Waals surface area contributed by atoms with Gasteiger partial charge in [0.1, 0.15) is 0 Å². The second-order valence-electron chi connectivity index (χ2n) is 8.02.